The second-order valence-electron chi connectivity index (χ2n) is 6.42. The van der Waals surface area contributed by atoms with Gasteiger partial charge in [0, 0.05) is 19.0 Å². The van der Waals surface area contributed by atoms with E-state index in [1.807, 2.05) is 48.5 Å². The first-order valence-corrected chi connectivity index (χ1v) is 9.10. The van der Waals surface area contributed by atoms with Crippen LogP contribution in [0, 0.1) is 0 Å². The van der Waals surface area contributed by atoms with Crippen LogP contribution in [0.4, 0.5) is 5.69 Å². The van der Waals surface area contributed by atoms with E-state index in [0.717, 1.165) is 12.0 Å². The van der Waals surface area contributed by atoms with Gasteiger partial charge in [-0.1, -0.05) is 54.1 Å². The highest BCUT2D eigenvalue weighted by Crippen LogP contribution is 2.28. The summed E-state index contributed by atoms with van der Waals surface area (Å²) in [5.41, 5.74) is 7.68. The van der Waals surface area contributed by atoms with Crippen LogP contribution in [-0.2, 0) is 9.59 Å². The summed E-state index contributed by atoms with van der Waals surface area (Å²) in [6, 6.07) is 15.8. The summed E-state index contributed by atoms with van der Waals surface area (Å²) in [5.74, 6) is -0.355. The van der Waals surface area contributed by atoms with Gasteiger partial charge in [0.25, 0.3) is 0 Å². The predicted octanol–water partition coefficient (Wildman–Crippen LogP) is 3.04. The largest absolute Gasteiger partial charge is 0.344 e. The smallest absolute Gasteiger partial charge is 0.249 e. The normalized spacial score (nSPS) is 18.5. The molecular formula is C20H22ClN3O2. The molecule has 2 unspecified atom stereocenters. The monoisotopic (exact) mass is 371 g/mol. The van der Waals surface area contributed by atoms with Crippen molar-refractivity contribution in [2.45, 2.75) is 31.3 Å². The third-order valence-corrected chi connectivity index (χ3v) is 4.87. The summed E-state index contributed by atoms with van der Waals surface area (Å²) in [5, 5.41) is 3.36. The lowest BCUT2D eigenvalue weighted by Crippen LogP contribution is -2.52. The molecule has 1 aliphatic rings. The van der Waals surface area contributed by atoms with Crippen molar-refractivity contribution in [2.24, 2.45) is 5.73 Å². The Balaban J connectivity index is 1.63. The number of piperidine rings is 1. The first-order chi connectivity index (χ1) is 12.6. The molecule has 5 nitrogen and oxygen atoms in total. The molecule has 6 heteroatoms. The van der Waals surface area contributed by atoms with E-state index in [0.29, 0.717) is 23.7 Å². The van der Waals surface area contributed by atoms with Gasteiger partial charge in [-0.05, 0) is 30.5 Å². The average molecular weight is 372 g/mol. The van der Waals surface area contributed by atoms with E-state index in [1.165, 1.54) is 0 Å². The van der Waals surface area contributed by atoms with Crippen LogP contribution in [0.2, 0.25) is 5.02 Å². The summed E-state index contributed by atoms with van der Waals surface area (Å²) >= 11 is 6.22. The molecule has 0 saturated carbocycles. The maximum atomic E-state index is 12.8. The van der Waals surface area contributed by atoms with Crippen LogP contribution in [0.5, 0.6) is 0 Å². The Bertz CT molecular complexity index is 782. The summed E-state index contributed by atoms with van der Waals surface area (Å²) in [6.07, 6.45) is 1.55. The van der Waals surface area contributed by atoms with E-state index < -0.39 is 12.1 Å². The lowest BCUT2D eigenvalue weighted by molar-refractivity contribution is -0.128. The van der Waals surface area contributed by atoms with Crippen molar-refractivity contribution in [1.29, 1.82) is 0 Å². The zero-order valence-electron chi connectivity index (χ0n) is 14.4. The van der Waals surface area contributed by atoms with Crippen molar-refractivity contribution in [3.63, 3.8) is 0 Å². The van der Waals surface area contributed by atoms with E-state index in [-0.39, 0.29) is 18.2 Å². The fourth-order valence-corrected chi connectivity index (χ4v) is 3.43. The molecule has 2 atom stereocenters. The highest BCUT2D eigenvalue weighted by molar-refractivity contribution is 6.33. The number of carbonyl (C=O) groups is 2. The zero-order valence-corrected chi connectivity index (χ0v) is 15.2. The van der Waals surface area contributed by atoms with Gasteiger partial charge in [-0.15, -0.1) is 0 Å². The first kappa shape index (κ1) is 18.4. The lowest BCUT2D eigenvalue weighted by Gasteiger charge is -2.33. The number of rotatable bonds is 5. The summed E-state index contributed by atoms with van der Waals surface area (Å²) in [6.45, 7) is 0.596. The molecule has 3 N–H and O–H groups in total. The maximum absolute atomic E-state index is 12.8. The van der Waals surface area contributed by atoms with Gasteiger partial charge in [0.2, 0.25) is 11.8 Å². The molecule has 0 spiro atoms. The Kier molecular flexibility index (Phi) is 5.91. The highest BCUT2D eigenvalue weighted by atomic mass is 35.5. The van der Waals surface area contributed by atoms with Crippen molar-refractivity contribution in [3.05, 3.63) is 65.2 Å². The number of nitrogens with zero attached hydrogens (tertiary/aromatic N) is 1. The van der Waals surface area contributed by atoms with E-state index in [4.69, 9.17) is 17.3 Å². The fourth-order valence-electron chi connectivity index (χ4n) is 3.19. The number of carbonyl (C=O) groups excluding carboxylic acids is 2. The molecule has 2 amide bonds. The van der Waals surface area contributed by atoms with Gasteiger partial charge in [0.05, 0.1) is 10.7 Å². The minimum atomic E-state index is -0.546. The van der Waals surface area contributed by atoms with Crippen molar-refractivity contribution in [3.8, 4) is 0 Å². The van der Waals surface area contributed by atoms with Crippen LogP contribution in [0.25, 0.3) is 0 Å². The molecule has 0 bridgehead atoms. The predicted molar refractivity (Wildman–Crippen MR) is 103 cm³/mol. The van der Waals surface area contributed by atoms with Gasteiger partial charge in [0.15, 0.2) is 0 Å². The molecule has 136 valence electrons. The van der Waals surface area contributed by atoms with Gasteiger partial charge in [0.1, 0.15) is 6.04 Å². The Morgan fingerprint density at radius 2 is 1.88 bits per heavy atom. The number of amides is 2. The molecular weight excluding hydrogens is 350 g/mol. The number of nitrogens with two attached hydrogens (primary N) is 1. The Hall–Kier alpha value is -2.37. The number of anilines is 1. The van der Waals surface area contributed by atoms with Gasteiger partial charge in [-0.25, -0.2) is 0 Å². The minimum absolute atomic E-state index is 0.133. The molecule has 1 aliphatic heterocycles. The van der Waals surface area contributed by atoms with Gasteiger partial charge >= 0.3 is 0 Å². The maximum Gasteiger partial charge on any atom is 0.249 e. The number of benzene rings is 2. The molecule has 2 aromatic rings. The minimum Gasteiger partial charge on any atom is -0.344 e. The van der Waals surface area contributed by atoms with Crippen molar-refractivity contribution >= 4 is 29.1 Å². The van der Waals surface area contributed by atoms with E-state index in [1.54, 1.807) is 11.0 Å². The second kappa shape index (κ2) is 8.34. The van der Waals surface area contributed by atoms with E-state index in [2.05, 4.69) is 5.32 Å². The topological polar surface area (TPSA) is 75.4 Å². The Morgan fingerprint density at radius 1 is 1.19 bits per heavy atom. The van der Waals surface area contributed by atoms with Gasteiger partial charge < -0.3 is 16.0 Å². The fraction of sp³-hybridized carbons (Fsp3) is 0.300. The lowest BCUT2D eigenvalue weighted by atomic mass is 10.0. The molecule has 26 heavy (non-hydrogen) atoms. The molecule has 3 rings (SSSR count). The van der Waals surface area contributed by atoms with E-state index in [9.17, 15) is 9.59 Å². The molecule has 0 aromatic heterocycles. The van der Waals surface area contributed by atoms with Gasteiger partial charge in [-0.2, -0.15) is 0 Å². The van der Waals surface area contributed by atoms with Crippen LogP contribution in [0.15, 0.2) is 54.6 Å². The molecule has 1 heterocycles. The molecule has 1 saturated heterocycles. The number of nitrogens with one attached hydrogen (secondary N) is 1. The Morgan fingerprint density at radius 3 is 2.62 bits per heavy atom. The number of halogens is 1. The quantitative estimate of drug-likeness (QED) is 0.848. The number of hydrogen-bond acceptors (Lipinski definition) is 3. The third kappa shape index (κ3) is 4.23. The summed E-state index contributed by atoms with van der Waals surface area (Å²) in [4.78, 5) is 26.8. The van der Waals surface area contributed by atoms with Crippen LogP contribution in [0.3, 0.4) is 0 Å². The summed E-state index contributed by atoms with van der Waals surface area (Å²) in [7, 11) is 0. The van der Waals surface area contributed by atoms with Crippen LogP contribution >= 0.6 is 11.6 Å². The summed E-state index contributed by atoms with van der Waals surface area (Å²) < 4.78 is 0. The zero-order chi connectivity index (χ0) is 18.5. The van der Waals surface area contributed by atoms with Crippen LogP contribution in [-0.4, -0.2) is 24.4 Å². The van der Waals surface area contributed by atoms with Crippen LogP contribution in [0.1, 0.15) is 30.9 Å². The first-order valence-electron chi connectivity index (χ1n) is 8.72. The average Bonchev–Trinajstić information content (AvgIpc) is 2.65. The van der Waals surface area contributed by atoms with Crippen molar-refractivity contribution in [1.82, 2.24) is 5.32 Å². The van der Waals surface area contributed by atoms with Crippen molar-refractivity contribution < 1.29 is 9.59 Å². The second-order valence-corrected chi connectivity index (χ2v) is 6.83. The molecule has 0 radical (unpaired) electrons. The highest BCUT2D eigenvalue weighted by Gasteiger charge is 2.31. The SMILES string of the molecule is NC(CC(=O)NC1CCCN(c2ccccc2Cl)C1=O)c1ccccc1. The standard InChI is InChI=1S/C20H22ClN3O2/c21-15-9-4-5-11-18(15)24-12-6-10-17(20(24)26)23-19(25)13-16(22)14-7-2-1-3-8-14/h1-5,7-9,11,16-17H,6,10,12-13,22H2,(H,23,25). The van der Waals surface area contributed by atoms with E-state index >= 15 is 0 Å². The molecule has 0 aliphatic carbocycles. The molecule has 1 fully saturated rings. The number of para-hydroxylation sites is 1. The molecule has 2 aromatic carbocycles. The Labute approximate surface area is 158 Å². The third-order valence-electron chi connectivity index (χ3n) is 4.55. The van der Waals surface area contributed by atoms with Crippen molar-refractivity contribution in [2.75, 3.05) is 11.4 Å². The number of hydrogen-bond donors (Lipinski definition) is 2. The van der Waals surface area contributed by atoms with Gasteiger partial charge in [-0.3, -0.25) is 9.59 Å². The van der Waals surface area contributed by atoms with Crippen LogP contribution < -0.4 is 16.0 Å².